The van der Waals surface area contributed by atoms with E-state index in [0.29, 0.717) is 12.5 Å². The van der Waals surface area contributed by atoms with Crippen LogP contribution in [-0.4, -0.2) is 12.5 Å². The number of carbonyl (C=O) groups is 1. The lowest BCUT2D eigenvalue weighted by atomic mass is 9.94. The molecule has 2 unspecified atom stereocenters. The molecule has 0 fully saturated rings. The van der Waals surface area contributed by atoms with E-state index in [-0.39, 0.29) is 17.9 Å². The standard InChI is InChI=1S/C17H28N2O/c1-5-13-7-9-15(10-8-13)16(12(3)4)19-17(20)14(6-2)11-18/h7-10,12,14,16H,5-6,11,18H2,1-4H3,(H,19,20). The van der Waals surface area contributed by atoms with E-state index in [1.54, 1.807) is 0 Å². The number of benzene rings is 1. The third-order valence-corrected chi connectivity index (χ3v) is 3.86. The Morgan fingerprint density at radius 2 is 1.80 bits per heavy atom. The summed E-state index contributed by atoms with van der Waals surface area (Å²) in [6.45, 7) is 8.80. The fourth-order valence-electron chi connectivity index (χ4n) is 2.33. The Kier molecular flexibility index (Phi) is 6.73. The highest BCUT2D eigenvalue weighted by atomic mass is 16.1. The van der Waals surface area contributed by atoms with E-state index in [4.69, 9.17) is 5.73 Å². The molecule has 20 heavy (non-hydrogen) atoms. The molecule has 0 saturated carbocycles. The summed E-state index contributed by atoms with van der Waals surface area (Å²) >= 11 is 0. The summed E-state index contributed by atoms with van der Waals surface area (Å²) in [7, 11) is 0. The summed E-state index contributed by atoms with van der Waals surface area (Å²) in [6, 6.07) is 8.56. The van der Waals surface area contributed by atoms with Crippen molar-refractivity contribution in [2.45, 2.75) is 46.6 Å². The molecule has 0 bridgehead atoms. The van der Waals surface area contributed by atoms with Gasteiger partial charge in [-0.3, -0.25) is 4.79 Å². The van der Waals surface area contributed by atoms with Gasteiger partial charge in [0.1, 0.15) is 0 Å². The average molecular weight is 276 g/mol. The van der Waals surface area contributed by atoms with Crippen molar-refractivity contribution >= 4 is 5.91 Å². The molecular formula is C17H28N2O. The number of aryl methyl sites for hydroxylation is 1. The van der Waals surface area contributed by atoms with Crippen LogP contribution in [0.4, 0.5) is 0 Å². The van der Waals surface area contributed by atoms with Crippen LogP contribution in [0.5, 0.6) is 0 Å². The van der Waals surface area contributed by atoms with Gasteiger partial charge in [0, 0.05) is 12.5 Å². The predicted octanol–water partition coefficient (Wildman–Crippen LogP) is 3.05. The van der Waals surface area contributed by atoms with Crippen LogP contribution in [0.15, 0.2) is 24.3 Å². The van der Waals surface area contributed by atoms with E-state index in [9.17, 15) is 4.79 Å². The minimum atomic E-state index is -0.0915. The maximum atomic E-state index is 12.2. The highest BCUT2D eigenvalue weighted by molar-refractivity contribution is 5.79. The van der Waals surface area contributed by atoms with Gasteiger partial charge < -0.3 is 11.1 Å². The van der Waals surface area contributed by atoms with E-state index in [2.05, 4.69) is 50.4 Å². The van der Waals surface area contributed by atoms with Crippen LogP contribution in [0.3, 0.4) is 0 Å². The van der Waals surface area contributed by atoms with Gasteiger partial charge >= 0.3 is 0 Å². The second-order valence-corrected chi connectivity index (χ2v) is 5.67. The first kappa shape index (κ1) is 16.7. The van der Waals surface area contributed by atoms with Gasteiger partial charge in [0.25, 0.3) is 0 Å². The van der Waals surface area contributed by atoms with E-state index < -0.39 is 0 Å². The van der Waals surface area contributed by atoms with Crippen molar-refractivity contribution in [3.8, 4) is 0 Å². The van der Waals surface area contributed by atoms with E-state index in [1.165, 1.54) is 5.56 Å². The Bertz CT molecular complexity index is 408. The molecule has 0 spiro atoms. The average Bonchev–Trinajstić information content (AvgIpc) is 2.46. The van der Waals surface area contributed by atoms with Crippen LogP contribution >= 0.6 is 0 Å². The van der Waals surface area contributed by atoms with Gasteiger partial charge in [-0.1, -0.05) is 52.0 Å². The zero-order valence-electron chi connectivity index (χ0n) is 13.1. The van der Waals surface area contributed by atoms with Gasteiger partial charge in [-0.05, 0) is 29.9 Å². The number of nitrogens with one attached hydrogen (secondary N) is 1. The maximum absolute atomic E-state index is 12.2. The van der Waals surface area contributed by atoms with Crippen LogP contribution in [0.2, 0.25) is 0 Å². The second-order valence-electron chi connectivity index (χ2n) is 5.67. The number of rotatable bonds is 7. The summed E-state index contributed by atoms with van der Waals surface area (Å²) < 4.78 is 0. The zero-order chi connectivity index (χ0) is 15.1. The molecule has 1 amide bonds. The lowest BCUT2D eigenvalue weighted by Crippen LogP contribution is -2.38. The minimum absolute atomic E-state index is 0.0500. The summed E-state index contributed by atoms with van der Waals surface area (Å²) in [5, 5.41) is 3.15. The van der Waals surface area contributed by atoms with E-state index >= 15 is 0 Å². The Morgan fingerprint density at radius 1 is 1.20 bits per heavy atom. The monoisotopic (exact) mass is 276 g/mol. The third-order valence-electron chi connectivity index (χ3n) is 3.86. The van der Waals surface area contributed by atoms with Crippen LogP contribution in [0.1, 0.15) is 51.3 Å². The molecular weight excluding hydrogens is 248 g/mol. The first-order valence-electron chi connectivity index (χ1n) is 7.62. The topological polar surface area (TPSA) is 55.1 Å². The van der Waals surface area contributed by atoms with Crippen molar-refractivity contribution in [2.24, 2.45) is 17.6 Å². The smallest absolute Gasteiger partial charge is 0.224 e. The molecule has 0 aromatic heterocycles. The molecule has 1 aromatic carbocycles. The van der Waals surface area contributed by atoms with Crippen molar-refractivity contribution in [2.75, 3.05) is 6.54 Å². The molecule has 0 aliphatic heterocycles. The quantitative estimate of drug-likeness (QED) is 0.804. The maximum Gasteiger partial charge on any atom is 0.224 e. The van der Waals surface area contributed by atoms with Crippen LogP contribution in [0, 0.1) is 11.8 Å². The first-order valence-corrected chi connectivity index (χ1v) is 7.62. The van der Waals surface area contributed by atoms with Crippen LogP contribution in [0.25, 0.3) is 0 Å². The number of carbonyl (C=O) groups excluding carboxylic acids is 1. The molecule has 0 aliphatic carbocycles. The van der Waals surface area contributed by atoms with Gasteiger partial charge in [-0.2, -0.15) is 0 Å². The SMILES string of the molecule is CCc1ccc(C(NC(=O)C(CC)CN)C(C)C)cc1. The first-order chi connectivity index (χ1) is 9.53. The number of nitrogens with two attached hydrogens (primary N) is 1. The molecule has 3 N–H and O–H groups in total. The van der Waals surface area contributed by atoms with Crippen molar-refractivity contribution in [1.82, 2.24) is 5.32 Å². The molecule has 0 aliphatic rings. The summed E-state index contributed by atoms with van der Waals surface area (Å²) in [5.41, 5.74) is 8.13. The molecule has 0 saturated heterocycles. The van der Waals surface area contributed by atoms with Gasteiger partial charge in [0.2, 0.25) is 5.91 Å². The van der Waals surface area contributed by atoms with Crippen molar-refractivity contribution in [1.29, 1.82) is 0 Å². The van der Waals surface area contributed by atoms with E-state index in [0.717, 1.165) is 18.4 Å². The Hall–Kier alpha value is -1.35. The minimum Gasteiger partial charge on any atom is -0.349 e. The molecule has 2 atom stereocenters. The number of hydrogen-bond donors (Lipinski definition) is 2. The zero-order valence-corrected chi connectivity index (χ0v) is 13.1. The Morgan fingerprint density at radius 3 is 2.20 bits per heavy atom. The second kappa shape index (κ2) is 8.05. The highest BCUT2D eigenvalue weighted by Crippen LogP contribution is 2.23. The lowest BCUT2D eigenvalue weighted by Gasteiger charge is -2.25. The van der Waals surface area contributed by atoms with Crippen LogP contribution in [-0.2, 0) is 11.2 Å². The molecule has 0 heterocycles. The summed E-state index contributed by atoms with van der Waals surface area (Å²) in [5.74, 6) is 0.321. The van der Waals surface area contributed by atoms with Crippen LogP contribution < -0.4 is 11.1 Å². The Labute approximate surface area is 122 Å². The van der Waals surface area contributed by atoms with Crippen molar-refractivity contribution in [3.05, 3.63) is 35.4 Å². The third kappa shape index (κ3) is 4.34. The predicted molar refractivity (Wildman–Crippen MR) is 84.4 cm³/mol. The molecule has 3 heteroatoms. The van der Waals surface area contributed by atoms with Crippen molar-refractivity contribution < 1.29 is 4.79 Å². The molecule has 1 rings (SSSR count). The molecule has 3 nitrogen and oxygen atoms in total. The Balaban J connectivity index is 2.85. The largest absolute Gasteiger partial charge is 0.349 e. The van der Waals surface area contributed by atoms with Gasteiger partial charge in [0.15, 0.2) is 0 Å². The molecule has 1 aromatic rings. The number of amides is 1. The van der Waals surface area contributed by atoms with Gasteiger partial charge in [0.05, 0.1) is 6.04 Å². The fourth-order valence-corrected chi connectivity index (χ4v) is 2.33. The highest BCUT2D eigenvalue weighted by Gasteiger charge is 2.22. The van der Waals surface area contributed by atoms with E-state index in [1.807, 2.05) is 6.92 Å². The lowest BCUT2D eigenvalue weighted by molar-refractivity contribution is -0.125. The van der Waals surface area contributed by atoms with Gasteiger partial charge in [-0.15, -0.1) is 0 Å². The summed E-state index contributed by atoms with van der Waals surface area (Å²) in [6.07, 6.45) is 1.81. The normalized spacial score (nSPS) is 14.1. The molecule has 0 radical (unpaired) electrons. The van der Waals surface area contributed by atoms with Crippen molar-refractivity contribution in [3.63, 3.8) is 0 Å². The molecule has 112 valence electrons. The fraction of sp³-hybridized carbons (Fsp3) is 0.588. The summed E-state index contributed by atoms with van der Waals surface area (Å²) in [4.78, 5) is 12.2. The van der Waals surface area contributed by atoms with Gasteiger partial charge in [-0.25, -0.2) is 0 Å². The number of hydrogen-bond acceptors (Lipinski definition) is 2.